The predicted molar refractivity (Wildman–Crippen MR) is 121 cm³/mol. The summed E-state index contributed by atoms with van der Waals surface area (Å²) in [4.78, 5) is 22.2. The number of rotatable bonds is 5. The first-order valence-electron chi connectivity index (χ1n) is 9.37. The number of hydrogen-bond donors (Lipinski definition) is 2. The van der Waals surface area contributed by atoms with Gasteiger partial charge >= 0.3 is 0 Å². The molecule has 0 radical (unpaired) electrons. The lowest BCUT2D eigenvalue weighted by molar-refractivity contribution is 0.104. The number of aromatic nitrogens is 1. The second kappa shape index (κ2) is 8.41. The van der Waals surface area contributed by atoms with Crippen molar-refractivity contribution in [3.63, 3.8) is 0 Å². The molecule has 1 aliphatic rings. The molecule has 1 saturated heterocycles. The fraction of sp³-hybridized carbons (Fsp3) is 0.238. The normalized spacial score (nSPS) is 14.8. The maximum absolute atomic E-state index is 12.8. The highest BCUT2D eigenvalue weighted by molar-refractivity contribution is 7.18. The van der Waals surface area contributed by atoms with Crippen LogP contribution in [0.2, 0.25) is 5.02 Å². The van der Waals surface area contributed by atoms with Crippen LogP contribution in [0.5, 0.6) is 0 Å². The van der Waals surface area contributed by atoms with Gasteiger partial charge in [-0.1, -0.05) is 35.1 Å². The Morgan fingerprint density at radius 1 is 1.10 bits per heavy atom. The molecule has 0 unspecified atom stereocenters. The van der Waals surface area contributed by atoms with E-state index in [1.165, 1.54) is 17.0 Å². The zero-order chi connectivity index (χ0) is 20.4. The Bertz CT molecular complexity index is 1010. The number of ketones is 1. The number of nitrogens with one attached hydrogen (secondary N) is 1. The van der Waals surface area contributed by atoms with Gasteiger partial charge in [0.25, 0.3) is 0 Å². The van der Waals surface area contributed by atoms with Crippen LogP contribution in [-0.2, 0) is 0 Å². The largest absolute Gasteiger partial charge is 0.382 e. The van der Waals surface area contributed by atoms with E-state index in [1.807, 2.05) is 12.1 Å². The molecule has 6 nitrogen and oxygen atoms in total. The van der Waals surface area contributed by atoms with Gasteiger partial charge in [0.15, 0.2) is 5.13 Å². The van der Waals surface area contributed by atoms with Crippen molar-refractivity contribution in [3.05, 3.63) is 64.0 Å². The van der Waals surface area contributed by atoms with Crippen molar-refractivity contribution in [2.45, 2.75) is 0 Å². The Hall–Kier alpha value is -2.61. The number of carbonyl (C=O) groups excluding carboxylic acids is 1. The Kier molecular flexibility index (Phi) is 5.71. The van der Waals surface area contributed by atoms with Gasteiger partial charge < -0.3 is 20.9 Å². The first-order chi connectivity index (χ1) is 14.0. The standard InChI is InChI=1S/C21H22ClN5OS/c1-26-10-12-27(13-11-26)15-8-6-14(7-9-15)24-21-25-20(23)19(29-21)18(28)16-4-2-3-5-17(16)22/h2-9H,10-13,23H2,1H3,(H,24,25). The fourth-order valence-electron chi connectivity index (χ4n) is 3.26. The number of nitrogens with two attached hydrogens (primary N) is 1. The molecule has 3 N–H and O–H groups in total. The fourth-order valence-corrected chi connectivity index (χ4v) is 4.34. The second-order valence-electron chi connectivity index (χ2n) is 7.00. The van der Waals surface area contributed by atoms with Crippen molar-refractivity contribution in [2.75, 3.05) is 49.2 Å². The third-order valence-corrected chi connectivity index (χ3v) is 6.28. The Balaban J connectivity index is 1.47. The smallest absolute Gasteiger partial charge is 0.208 e. The first-order valence-corrected chi connectivity index (χ1v) is 10.6. The summed E-state index contributed by atoms with van der Waals surface area (Å²) in [7, 11) is 2.15. The molecular weight excluding hydrogens is 406 g/mol. The molecule has 8 heteroatoms. The minimum absolute atomic E-state index is 0.205. The first kappa shape index (κ1) is 19.7. The van der Waals surface area contributed by atoms with Gasteiger partial charge in [0.1, 0.15) is 10.7 Å². The molecule has 1 fully saturated rings. The number of nitrogens with zero attached hydrogens (tertiary/aromatic N) is 3. The Morgan fingerprint density at radius 2 is 1.79 bits per heavy atom. The van der Waals surface area contributed by atoms with E-state index in [-0.39, 0.29) is 11.6 Å². The number of anilines is 4. The van der Waals surface area contributed by atoms with Gasteiger partial charge in [-0.2, -0.15) is 0 Å². The SMILES string of the molecule is CN1CCN(c2ccc(Nc3nc(N)c(C(=O)c4ccccc4Cl)s3)cc2)CC1. The summed E-state index contributed by atoms with van der Waals surface area (Å²) in [5.41, 5.74) is 8.53. The minimum Gasteiger partial charge on any atom is -0.382 e. The van der Waals surface area contributed by atoms with Crippen LogP contribution in [0.15, 0.2) is 48.5 Å². The number of benzene rings is 2. The lowest BCUT2D eigenvalue weighted by atomic mass is 10.1. The van der Waals surface area contributed by atoms with Gasteiger partial charge in [0.05, 0.1) is 5.02 Å². The van der Waals surface area contributed by atoms with E-state index < -0.39 is 0 Å². The van der Waals surface area contributed by atoms with Gasteiger partial charge in [-0.05, 0) is 43.4 Å². The zero-order valence-electron chi connectivity index (χ0n) is 16.1. The van der Waals surface area contributed by atoms with Gasteiger partial charge in [0.2, 0.25) is 5.78 Å². The predicted octanol–water partition coefficient (Wildman–Crippen LogP) is 4.11. The van der Waals surface area contributed by atoms with E-state index in [9.17, 15) is 4.79 Å². The van der Waals surface area contributed by atoms with E-state index in [4.69, 9.17) is 17.3 Å². The summed E-state index contributed by atoms with van der Waals surface area (Å²) in [6.07, 6.45) is 0. The van der Waals surface area contributed by atoms with Crippen LogP contribution in [0, 0.1) is 0 Å². The number of likely N-dealkylation sites (N-methyl/N-ethyl adjacent to an activating group) is 1. The van der Waals surface area contributed by atoms with Gasteiger partial charge in [-0.15, -0.1) is 0 Å². The monoisotopic (exact) mass is 427 g/mol. The highest BCUT2D eigenvalue weighted by atomic mass is 35.5. The molecule has 3 aromatic rings. The average molecular weight is 428 g/mol. The van der Waals surface area contributed by atoms with Crippen LogP contribution >= 0.6 is 22.9 Å². The number of nitrogen functional groups attached to an aromatic ring is 1. The third-order valence-electron chi connectivity index (χ3n) is 4.97. The van der Waals surface area contributed by atoms with Gasteiger partial charge in [-0.25, -0.2) is 4.98 Å². The summed E-state index contributed by atoms with van der Waals surface area (Å²) >= 11 is 7.37. The summed E-state index contributed by atoms with van der Waals surface area (Å²) in [5.74, 6) is -0.0134. The van der Waals surface area contributed by atoms with Crippen LogP contribution < -0.4 is 16.0 Å². The summed E-state index contributed by atoms with van der Waals surface area (Å²) < 4.78 is 0. The number of halogens is 1. The van der Waals surface area contributed by atoms with Crippen LogP contribution in [0.3, 0.4) is 0 Å². The number of piperazine rings is 1. The van der Waals surface area contributed by atoms with E-state index in [2.05, 4.69) is 39.3 Å². The van der Waals surface area contributed by atoms with E-state index in [0.717, 1.165) is 31.9 Å². The number of carbonyl (C=O) groups is 1. The van der Waals surface area contributed by atoms with Gasteiger partial charge in [0, 0.05) is 43.1 Å². The van der Waals surface area contributed by atoms with Crippen molar-refractivity contribution in [3.8, 4) is 0 Å². The second-order valence-corrected chi connectivity index (χ2v) is 8.41. The summed E-state index contributed by atoms with van der Waals surface area (Å²) in [6, 6.07) is 15.2. The molecule has 1 aromatic heterocycles. The number of hydrogen-bond acceptors (Lipinski definition) is 7. The van der Waals surface area contributed by atoms with Crippen molar-refractivity contribution in [1.29, 1.82) is 0 Å². The molecular formula is C21H22ClN5OS. The van der Waals surface area contributed by atoms with E-state index >= 15 is 0 Å². The molecule has 0 amide bonds. The highest BCUT2D eigenvalue weighted by Crippen LogP contribution is 2.31. The van der Waals surface area contributed by atoms with Crippen molar-refractivity contribution >= 4 is 51.0 Å². The van der Waals surface area contributed by atoms with Crippen molar-refractivity contribution in [1.82, 2.24) is 9.88 Å². The molecule has 4 rings (SSSR count). The molecule has 29 heavy (non-hydrogen) atoms. The average Bonchev–Trinajstić information content (AvgIpc) is 3.09. The quantitative estimate of drug-likeness (QED) is 0.597. The topological polar surface area (TPSA) is 74.5 Å². The van der Waals surface area contributed by atoms with Crippen LogP contribution in [0.25, 0.3) is 0 Å². The molecule has 0 atom stereocenters. The Labute approximate surface area is 178 Å². The van der Waals surface area contributed by atoms with Gasteiger partial charge in [-0.3, -0.25) is 4.79 Å². The highest BCUT2D eigenvalue weighted by Gasteiger charge is 2.20. The molecule has 150 valence electrons. The van der Waals surface area contributed by atoms with E-state index in [0.29, 0.717) is 20.6 Å². The molecule has 2 heterocycles. The molecule has 0 aliphatic carbocycles. The molecule has 2 aromatic carbocycles. The summed E-state index contributed by atoms with van der Waals surface area (Å²) in [6.45, 7) is 4.20. The van der Waals surface area contributed by atoms with Crippen LogP contribution in [-0.4, -0.2) is 48.9 Å². The third kappa shape index (κ3) is 4.37. The zero-order valence-corrected chi connectivity index (χ0v) is 17.6. The van der Waals surface area contributed by atoms with Crippen LogP contribution in [0.1, 0.15) is 15.2 Å². The van der Waals surface area contributed by atoms with Crippen molar-refractivity contribution in [2.24, 2.45) is 0 Å². The Morgan fingerprint density at radius 3 is 2.48 bits per heavy atom. The van der Waals surface area contributed by atoms with Crippen LogP contribution in [0.4, 0.5) is 22.3 Å². The lowest BCUT2D eigenvalue weighted by Gasteiger charge is -2.34. The summed E-state index contributed by atoms with van der Waals surface area (Å²) in [5, 5.41) is 4.22. The number of thiazole rings is 1. The maximum Gasteiger partial charge on any atom is 0.208 e. The molecule has 0 saturated carbocycles. The lowest BCUT2D eigenvalue weighted by Crippen LogP contribution is -2.44. The maximum atomic E-state index is 12.8. The minimum atomic E-state index is -0.218. The van der Waals surface area contributed by atoms with E-state index in [1.54, 1.807) is 24.3 Å². The molecule has 1 aliphatic heterocycles. The molecule has 0 bridgehead atoms. The van der Waals surface area contributed by atoms with Crippen molar-refractivity contribution < 1.29 is 4.79 Å². The molecule has 0 spiro atoms.